The minimum Gasteiger partial charge on any atom is -0.374 e. The van der Waals surface area contributed by atoms with Crippen molar-refractivity contribution in [2.75, 3.05) is 34.2 Å². The highest BCUT2D eigenvalue weighted by Crippen LogP contribution is 1.99. The van der Waals surface area contributed by atoms with Gasteiger partial charge in [0.05, 0.1) is 0 Å². The Labute approximate surface area is 81.8 Å². The van der Waals surface area contributed by atoms with Crippen molar-refractivity contribution >= 4 is 0 Å². The van der Waals surface area contributed by atoms with Gasteiger partial charge in [-0.15, -0.1) is 0 Å². The predicted molar refractivity (Wildman–Crippen MR) is 59.7 cm³/mol. The summed E-state index contributed by atoms with van der Waals surface area (Å²) in [6.45, 7) is 9.59. The summed E-state index contributed by atoms with van der Waals surface area (Å²) in [7, 11) is 6.17. The van der Waals surface area contributed by atoms with Gasteiger partial charge in [-0.05, 0) is 20.2 Å². The highest BCUT2D eigenvalue weighted by molar-refractivity contribution is 5.16. The number of nitrogens with zero attached hydrogens (tertiary/aromatic N) is 2. The summed E-state index contributed by atoms with van der Waals surface area (Å²) in [6.07, 6.45) is 5.61. The molecule has 0 aromatic carbocycles. The van der Waals surface area contributed by atoms with E-state index in [9.17, 15) is 0 Å². The average molecular weight is 180 g/mol. The number of likely N-dealkylation sites (N-methyl/N-ethyl adjacent to an activating group) is 2. The van der Waals surface area contributed by atoms with Crippen molar-refractivity contribution in [3.63, 3.8) is 0 Å². The van der Waals surface area contributed by atoms with E-state index in [2.05, 4.69) is 37.1 Å². The molecule has 0 amide bonds. The lowest BCUT2D eigenvalue weighted by Gasteiger charge is -2.21. The van der Waals surface area contributed by atoms with Crippen molar-refractivity contribution in [2.45, 2.75) is 0 Å². The third-order valence-electron chi connectivity index (χ3n) is 1.80. The SMILES string of the molecule is C=CC=CC(=C)N(C)CCN(C)C. The third kappa shape index (κ3) is 6.17. The van der Waals surface area contributed by atoms with Gasteiger partial charge in [0.1, 0.15) is 0 Å². The fraction of sp³-hybridized carbons (Fsp3) is 0.455. The first-order valence-electron chi connectivity index (χ1n) is 4.41. The highest BCUT2D eigenvalue weighted by Gasteiger charge is 1.98. The van der Waals surface area contributed by atoms with Crippen LogP contribution in [0.25, 0.3) is 0 Å². The molecule has 2 heteroatoms. The van der Waals surface area contributed by atoms with Crippen molar-refractivity contribution in [1.82, 2.24) is 9.80 Å². The lowest BCUT2D eigenvalue weighted by molar-refractivity contribution is 0.331. The smallest absolute Gasteiger partial charge is 0.0302 e. The third-order valence-corrected chi connectivity index (χ3v) is 1.80. The van der Waals surface area contributed by atoms with Crippen LogP contribution in [-0.4, -0.2) is 44.0 Å². The largest absolute Gasteiger partial charge is 0.374 e. The first-order valence-corrected chi connectivity index (χ1v) is 4.41. The Balaban J connectivity index is 3.82. The van der Waals surface area contributed by atoms with E-state index in [-0.39, 0.29) is 0 Å². The Bertz CT molecular complexity index is 192. The van der Waals surface area contributed by atoms with Crippen LogP contribution in [0.3, 0.4) is 0 Å². The van der Waals surface area contributed by atoms with Gasteiger partial charge >= 0.3 is 0 Å². The molecule has 0 aromatic heterocycles. The molecule has 0 heterocycles. The molecule has 0 saturated carbocycles. The molecule has 2 nitrogen and oxygen atoms in total. The topological polar surface area (TPSA) is 6.48 Å². The van der Waals surface area contributed by atoms with Crippen molar-refractivity contribution < 1.29 is 0 Å². The average Bonchev–Trinajstić information content (AvgIpc) is 2.10. The van der Waals surface area contributed by atoms with Gasteiger partial charge in [-0.3, -0.25) is 0 Å². The van der Waals surface area contributed by atoms with E-state index in [1.165, 1.54) is 0 Å². The van der Waals surface area contributed by atoms with Gasteiger partial charge in [0.15, 0.2) is 0 Å². The van der Waals surface area contributed by atoms with Crippen LogP contribution in [0.1, 0.15) is 0 Å². The van der Waals surface area contributed by atoms with Crippen molar-refractivity contribution in [2.24, 2.45) is 0 Å². The highest BCUT2D eigenvalue weighted by atomic mass is 15.2. The van der Waals surface area contributed by atoms with E-state index in [0.29, 0.717) is 0 Å². The zero-order valence-corrected chi connectivity index (χ0v) is 8.95. The molecule has 0 aliphatic carbocycles. The number of hydrogen-bond acceptors (Lipinski definition) is 2. The van der Waals surface area contributed by atoms with E-state index in [1.807, 2.05) is 19.2 Å². The van der Waals surface area contributed by atoms with Crippen LogP contribution in [0, 0.1) is 0 Å². The van der Waals surface area contributed by atoms with Crippen LogP contribution in [0.4, 0.5) is 0 Å². The first-order chi connectivity index (χ1) is 6.07. The zero-order chi connectivity index (χ0) is 10.3. The Hall–Kier alpha value is -1.02. The molecule has 0 aliphatic rings. The second-order valence-corrected chi connectivity index (χ2v) is 3.31. The lowest BCUT2D eigenvalue weighted by Crippen LogP contribution is -2.27. The van der Waals surface area contributed by atoms with Gasteiger partial charge in [-0.1, -0.05) is 25.3 Å². The maximum Gasteiger partial charge on any atom is 0.0302 e. The van der Waals surface area contributed by atoms with Gasteiger partial charge in [-0.25, -0.2) is 0 Å². The van der Waals surface area contributed by atoms with E-state index in [4.69, 9.17) is 0 Å². The Kier molecular flexibility index (Phi) is 5.98. The van der Waals surface area contributed by atoms with Crippen LogP contribution in [0.5, 0.6) is 0 Å². The van der Waals surface area contributed by atoms with Crippen LogP contribution in [0.15, 0.2) is 37.1 Å². The molecule has 0 atom stereocenters. The molecule has 0 radical (unpaired) electrons. The van der Waals surface area contributed by atoms with Crippen molar-refractivity contribution in [3.8, 4) is 0 Å². The summed E-state index contributed by atoms with van der Waals surface area (Å²) in [5.41, 5.74) is 1.02. The summed E-state index contributed by atoms with van der Waals surface area (Å²) in [5.74, 6) is 0. The molecular formula is C11H20N2. The van der Waals surface area contributed by atoms with Crippen LogP contribution < -0.4 is 0 Å². The maximum absolute atomic E-state index is 3.94. The summed E-state index contributed by atoms with van der Waals surface area (Å²) in [5, 5.41) is 0. The lowest BCUT2D eigenvalue weighted by atomic mass is 10.3. The summed E-state index contributed by atoms with van der Waals surface area (Å²) in [4.78, 5) is 4.28. The molecule has 0 spiro atoms. The quantitative estimate of drug-likeness (QED) is 0.574. The molecular weight excluding hydrogens is 160 g/mol. The number of rotatable bonds is 6. The summed E-state index contributed by atoms with van der Waals surface area (Å²) < 4.78 is 0. The fourth-order valence-corrected chi connectivity index (χ4v) is 0.800. The minimum atomic E-state index is 0.993. The summed E-state index contributed by atoms with van der Waals surface area (Å²) in [6, 6.07) is 0. The van der Waals surface area contributed by atoms with Gasteiger partial charge in [0.2, 0.25) is 0 Å². The predicted octanol–water partition coefficient (Wildman–Crippen LogP) is 1.74. The molecule has 0 aromatic rings. The maximum atomic E-state index is 3.94. The standard InChI is InChI=1S/C11H20N2/c1-6-7-8-11(2)13(5)10-9-12(3)4/h6-8H,1-2,9-10H2,3-5H3. The molecule has 0 N–H and O–H groups in total. The van der Waals surface area contributed by atoms with Gasteiger partial charge in [0.25, 0.3) is 0 Å². The zero-order valence-electron chi connectivity index (χ0n) is 8.95. The van der Waals surface area contributed by atoms with E-state index in [0.717, 1.165) is 18.8 Å². The first kappa shape index (κ1) is 12.0. The normalized spacial score (nSPS) is 10.8. The molecule has 0 rings (SSSR count). The van der Waals surface area contributed by atoms with Gasteiger partial charge in [-0.2, -0.15) is 0 Å². The Morgan fingerprint density at radius 2 is 1.85 bits per heavy atom. The van der Waals surface area contributed by atoms with Crippen LogP contribution >= 0.6 is 0 Å². The summed E-state index contributed by atoms with van der Waals surface area (Å²) >= 11 is 0. The second-order valence-electron chi connectivity index (χ2n) is 3.31. The van der Waals surface area contributed by atoms with Crippen LogP contribution in [-0.2, 0) is 0 Å². The van der Waals surface area contributed by atoms with Gasteiger partial charge in [0, 0.05) is 25.8 Å². The molecule has 0 bridgehead atoms. The van der Waals surface area contributed by atoms with E-state index >= 15 is 0 Å². The Morgan fingerprint density at radius 3 is 2.31 bits per heavy atom. The van der Waals surface area contributed by atoms with E-state index in [1.54, 1.807) is 6.08 Å². The van der Waals surface area contributed by atoms with Crippen LogP contribution in [0.2, 0.25) is 0 Å². The monoisotopic (exact) mass is 180 g/mol. The van der Waals surface area contributed by atoms with Crippen molar-refractivity contribution in [1.29, 1.82) is 0 Å². The molecule has 0 unspecified atom stereocenters. The Morgan fingerprint density at radius 1 is 1.23 bits per heavy atom. The number of allylic oxidation sites excluding steroid dienone is 3. The van der Waals surface area contributed by atoms with Crippen molar-refractivity contribution in [3.05, 3.63) is 37.1 Å². The van der Waals surface area contributed by atoms with Gasteiger partial charge < -0.3 is 9.80 Å². The molecule has 0 saturated heterocycles. The molecule has 0 fully saturated rings. The number of hydrogen-bond donors (Lipinski definition) is 0. The molecule has 13 heavy (non-hydrogen) atoms. The molecule has 74 valence electrons. The minimum absolute atomic E-state index is 0.993. The second kappa shape index (κ2) is 6.49. The molecule has 0 aliphatic heterocycles. The fourth-order valence-electron chi connectivity index (χ4n) is 0.800. The van der Waals surface area contributed by atoms with E-state index < -0.39 is 0 Å².